The van der Waals surface area contributed by atoms with Gasteiger partial charge in [-0.15, -0.1) is 0 Å². The third-order valence-corrected chi connectivity index (χ3v) is 14.8. The van der Waals surface area contributed by atoms with Crippen LogP contribution in [0.1, 0.15) is 271 Å². The lowest BCUT2D eigenvalue weighted by molar-refractivity contribution is -0.870. The first-order chi connectivity index (χ1) is 37.0. The van der Waals surface area contributed by atoms with Gasteiger partial charge in [-0.3, -0.25) is 9.36 Å². The number of aliphatic hydroxyl groups excluding tert-OH is 1. The normalized spacial score (nSPS) is 14.5. The molecule has 0 aliphatic heterocycles. The molecule has 440 valence electrons. The molecule has 0 heterocycles. The lowest BCUT2D eigenvalue weighted by Gasteiger charge is -2.30. The molecule has 0 bridgehead atoms. The largest absolute Gasteiger partial charge is 0.756 e. The van der Waals surface area contributed by atoms with Gasteiger partial charge in [0.1, 0.15) is 13.2 Å². The summed E-state index contributed by atoms with van der Waals surface area (Å²) in [5.74, 6) is -0.167. The van der Waals surface area contributed by atoms with E-state index in [1.807, 2.05) is 21.1 Å². The average molecular weight is 1080 g/mol. The van der Waals surface area contributed by atoms with Crippen LogP contribution in [0.15, 0.2) is 97.2 Å². The van der Waals surface area contributed by atoms with Crippen LogP contribution in [0, 0.1) is 0 Å². The summed E-state index contributed by atoms with van der Waals surface area (Å²) in [6.07, 6.45) is 81.7. The third-order valence-electron chi connectivity index (χ3n) is 13.8. The van der Waals surface area contributed by atoms with E-state index in [0.717, 1.165) is 89.9 Å². The molecule has 0 aromatic carbocycles. The highest BCUT2D eigenvalue weighted by Crippen LogP contribution is 2.38. The van der Waals surface area contributed by atoms with E-state index in [1.54, 1.807) is 0 Å². The zero-order valence-corrected chi connectivity index (χ0v) is 51.1. The summed E-state index contributed by atoms with van der Waals surface area (Å²) in [5, 5.41) is 14.0. The molecular formula is C67H121N2O6P. The number of carbonyl (C=O) groups is 1. The maximum Gasteiger partial charge on any atom is 0.268 e. The Bertz CT molecular complexity index is 1560. The average Bonchev–Trinajstić information content (AvgIpc) is 3.38. The fourth-order valence-electron chi connectivity index (χ4n) is 8.94. The quantitative estimate of drug-likeness (QED) is 0.0272. The van der Waals surface area contributed by atoms with Crippen molar-refractivity contribution in [3.63, 3.8) is 0 Å². The van der Waals surface area contributed by atoms with Crippen molar-refractivity contribution in [2.75, 3.05) is 40.9 Å². The highest BCUT2D eigenvalue weighted by molar-refractivity contribution is 7.45. The van der Waals surface area contributed by atoms with E-state index in [0.29, 0.717) is 23.9 Å². The second kappa shape index (κ2) is 57.1. The number of hydrogen-bond acceptors (Lipinski definition) is 6. The van der Waals surface area contributed by atoms with Crippen LogP contribution in [0.2, 0.25) is 0 Å². The molecule has 0 aromatic rings. The van der Waals surface area contributed by atoms with Gasteiger partial charge in [-0.1, -0.05) is 284 Å². The van der Waals surface area contributed by atoms with Gasteiger partial charge in [0.15, 0.2) is 0 Å². The Morgan fingerprint density at radius 2 is 0.803 bits per heavy atom. The first-order valence-electron chi connectivity index (χ1n) is 31.6. The molecule has 0 rings (SSSR count). The number of nitrogens with zero attached hydrogens (tertiary/aromatic N) is 1. The van der Waals surface area contributed by atoms with E-state index in [1.165, 1.54) is 154 Å². The number of nitrogens with one attached hydrogen (secondary N) is 1. The van der Waals surface area contributed by atoms with Crippen molar-refractivity contribution in [1.82, 2.24) is 5.32 Å². The summed E-state index contributed by atoms with van der Waals surface area (Å²) in [6.45, 7) is 4.62. The topological polar surface area (TPSA) is 108 Å². The second-order valence-corrected chi connectivity index (χ2v) is 23.8. The predicted molar refractivity (Wildman–Crippen MR) is 329 cm³/mol. The number of phosphoric acid groups is 1. The minimum Gasteiger partial charge on any atom is -0.756 e. The number of amides is 1. The Morgan fingerprint density at radius 1 is 0.474 bits per heavy atom. The van der Waals surface area contributed by atoms with Crippen LogP contribution in [0.5, 0.6) is 0 Å². The van der Waals surface area contributed by atoms with Gasteiger partial charge in [0.05, 0.1) is 39.9 Å². The van der Waals surface area contributed by atoms with Crippen molar-refractivity contribution in [2.45, 2.75) is 283 Å². The lowest BCUT2D eigenvalue weighted by Crippen LogP contribution is -2.46. The molecule has 0 spiro atoms. The number of likely N-dealkylation sites (N-methyl/N-ethyl adjacent to an activating group) is 1. The molecule has 9 heteroatoms. The molecule has 76 heavy (non-hydrogen) atoms. The van der Waals surface area contributed by atoms with Crippen LogP contribution in [0.25, 0.3) is 0 Å². The Labute approximate surface area is 470 Å². The van der Waals surface area contributed by atoms with E-state index in [9.17, 15) is 19.4 Å². The van der Waals surface area contributed by atoms with Gasteiger partial charge in [0.2, 0.25) is 5.91 Å². The van der Waals surface area contributed by atoms with E-state index in [4.69, 9.17) is 9.05 Å². The fourth-order valence-corrected chi connectivity index (χ4v) is 9.66. The molecular weight excluding hydrogens is 960 g/mol. The monoisotopic (exact) mass is 1080 g/mol. The van der Waals surface area contributed by atoms with Crippen molar-refractivity contribution >= 4 is 13.7 Å². The molecule has 8 nitrogen and oxygen atoms in total. The van der Waals surface area contributed by atoms with Crippen LogP contribution in [-0.2, 0) is 18.4 Å². The second-order valence-electron chi connectivity index (χ2n) is 22.4. The number of phosphoric ester groups is 1. The van der Waals surface area contributed by atoms with Gasteiger partial charge in [-0.2, -0.15) is 0 Å². The van der Waals surface area contributed by atoms with Crippen molar-refractivity contribution in [1.29, 1.82) is 0 Å². The smallest absolute Gasteiger partial charge is 0.268 e. The zero-order valence-electron chi connectivity index (χ0n) is 50.2. The molecule has 1 amide bonds. The van der Waals surface area contributed by atoms with Crippen molar-refractivity contribution in [2.24, 2.45) is 0 Å². The van der Waals surface area contributed by atoms with Gasteiger partial charge >= 0.3 is 0 Å². The Balaban J connectivity index is 4.01. The molecule has 0 saturated heterocycles. The maximum absolute atomic E-state index is 13.0. The number of hydrogen-bond donors (Lipinski definition) is 2. The van der Waals surface area contributed by atoms with Gasteiger partial charge in [0, 0.05) is 6.42 Å². The molecule has 3 atom stereocenters. The summed E-state index contributed by atoms with van der Waals surface area (Å²) in [7, 11) is 1.30. The molecule has 0 saturated carbocycles. The van der Waals surface area contributed by atoms with Gasteiger partial charge < -0.3 is 28.8 Å². The summed E-state index contributed by atoms with van der Waals surface area (Å²) < 4.78 is 23.4. The van der Waals surface area contributed by atoms with Crippen molar-refractivity contribution in [3.8, 4) is 0 Å². The molecule has 3 unspecified atom stereocenters. The van der Waals surface area contributed by atoms with Crippen LogP contribution >= 0.6 is 7.82 Å². The van der Waals surface area contributed by atoms with Crippen molar-refractivity contribution < 1.29 is 32.9 Å². The fraction of sp³-hybridized carbons (Fsp3) is 0.746. The van der Waals surface area contributed by atoms with Crippen LogP contribution in [-0.4, -0.2) is 68.5 Å². The Kier molecular flexibility index (Phi) is 55.2. The van der Waals surface area contributed by atoms with Crippen LogP contribution < -0.4 is 10.2 Å². The van der Waals surface area contributed by atoms with Gasteiger partial charge in [-0.05, 0) is 77.0 Å². The summed E-state index contributed by atoms with van der Waals surface area (Å²) in [6, 6.07) is -0.805. The van der Waals surface area contributed by atoms with Gasteiger partial charge in [-0.25, -0.2) is 0 Å². The summed E-state index contributed by atoms with van der Waals surface area (Å²) >= 11 is 0. The molecule has 0 radical (unpaired) electrons. The number of unbranched alkanes of at least 4 members (excludes halogenated alkanes) is 28. The van der Waals surface area contributed by atoms with E-state index >= 15 is 0 Å². The summed E-state index contributed by atoms with van der Waals surface area (Å²) in [5.41, 5.74) is 0. The standard InChI is InChI=1S/C67H121N2O6P/c1-6-8-10-12-14-16-18-20-22-23-24-25-26-27-28-29-30-31-32-33-34-35-36-37-38-39-40-41-42-43-44-45-47-49-51-53-55-57-59-61-67(71)68-65(64-75-76(72,73)74-63-62-69(3,4)5)66(70)60-58-56-54-52-50-48-46-21-19-17-15-13-11-9-7-2/h8,10,14,16,20,22,24-25,27-28,30-31,33-34,36-37,65-66,70H,6-7,9,11-13,15,17-19,21,23,26,29,32,35,38-64H2,1-5H3,(H-,68,71,72,73)/b10-8-,16-14-,22-20-,25-24-,28-27-,31-30-,34-33-,37-36-. The third kappa shape index (κ3) is 59.1. The minimum atomic E-state index is -4.58. The Morgan fingerprint density at radius 3 is 1.17 bits per heavy atom. The molecule has 0 fully saturated rings. The van der Waals surface area contributed by atoms with Crippen molar-refractivity contribution in [3.05, 3.63) is 97.2 Å². The number of rotatable bonds is 57. The minimum absolute atomic E-state index is 0.00971. The maximum atomic E-state index is 13.0. The van der Waals surface area contributed by atoms with Crippen LogP contribution in [0.3, 0.4) is 0 Å². The zero-order chi connectivity index (χ0) is 55.6. The first kappa shape index (κ1) is 73.4. The Hall–Kier alpha value is -2.58. The number of allylic oxidation sites excluding steroid dienone is 16. The predicted octanol–water partition coefficient (Wildman–Crippen LogP) is 19.1. The highest BCUT2D eigenvalue weighted by atomic mass is 31.2. The molecule has 2 N–H and O–H groups in total. The number of quaternary nitrogens is 1. The lowest BCUT2D eigenvalue weighted by atomic mass is 10.0. The SMILES string of the molecule is CC/C=C\C/C=C\C/C=C\C/C=C\C/C=C\C/C=C\C/C=C\C/C=C\CCCCCCCCCCCCCCCCC(=O)NC(COP(=O)([O-])OCC[N+](C)(C)C)C(O)CCCCCCCCCCCCCCCCC. The van der Waals surface area contributed by atoms with E-state index in [-0.39, 0.29) is 19.1 Å². The van der Waals surface area contributed by atoms with Crippen LogP contribution in [0.4, 0.5) is 0 Å². The number of aliphatic hydroxyl groups is 1. The van der Waals surface area contributed by atoms with E-state index in [2.05, 4.69) is 116 Å². The molecule has 0 aliphatic rings. The highest BCUT2D eigenvalue weighted by Gasteiger charge is 2.24. The number of carbonyl (C=O) groups excluding carboxylic acids is 1. The molecule has 0 aromatic heterocycles. The first-order valence-corrected chi connectivity index (χ1v) is 33.0. The summed E-state index contributed by atoms with van der Waals surface area (Å²) in [4.78, 5) is 25.6. The molecule has 0 aliphatic carbocycles. The van der Waals surface area contributed by atoms with Gasteiger partial charge in [0.25, 0.3) is 7.82 Å². The van der Waals surface area contributed by atoms with E-state index < -0.39 is 20.0 Å².